The molecule has 31 heavy (non-hydrogen) atoms. The normalized spacial score (nSPS) is 10.8. The average Bonchev–Trinajstić information content (AvgIpc) is 3.17. The van der Waals surface area contributed by atoms with Crippen molar-refractivity contribution in [3.63, 3.8) is 0 Å². The van der Waals surface area contributed by atoms with Gasteiger partial charge in [-0.05, 0) is 55.8 Å². The standard InChI is InChI=1S/C22H25FN4O2S2/c1-3-27-20(14-30-13-16-5-7-17(23)8-6-16)25-26-22(27)31-15-21(28)24-18-9-11-19(12-10-18)29-4-2/h5-12H,3-4,13-15H2,1-2H3,(H,24,28). The molecular weight excluding hydrogens is 435 g/mol. The highest BCUT2D eigenvalue weighted by atomic mass is 32.2. The lowest BCUT2D eigenvalue weighted by molar-refractivity contribution is -0.113. The van der Waals surface area contributed by atoms with Gasteiger partial charge in [-0.3, -0.25) is 4.79 Å². The summed E-state index contributed by atoms with van der Waals surface area (Å²) in [6.45, 7) is 5.29. The van der Waals surface area contributed by atoms with Crippen LogP contribution in [0.15, 0.2) is 53.7 Å². The summed E-state index contributed by atoms with van der Waals surface area (Å²) in [4.78, 5) is 12.3. The van der Waals surface area contributed by atoms with Crippen LogP contribution in [0.3, 0.4) is 0 Å². The molecule has 164 valence electrons. The Kier molecular flexibility index (Phi) is 8.78. The molecule has 1 amide bonds. The Balaban J connectivity index is 1.49. The van der Waals surface area contributed by atoms with E-state index in [1.54, 1.807) is 23.9 Å². The second-order valence-corrected chi connectivity index (χ2v) is 8.48. The minimum Gasteiger partial charge on any atom is -0.494 e. The number of nitrogens with one attached hydrogen (secondary N) is 1. The molecule has 0 saturated carbocycles. The number of hydrogen-bond acceptors (Lipinski definition) is 6. The average molecular weight is 461 g/mol. The van der Waals surface area contributed by atoms with Crippen LogP contribution < -0.4 is 10.1 Å². The number of thioether (sulfide) groups is 2. The molecule has 3 aromatic rings. The summed E-state index contributed by atoms with van der Waals surface area (Å²) < 4.78 is 20.4. The van der Waals surface area contributed by atoms with Crippen LogP contribution in [-0.4, -0.2) is 33.0 Å². The maximum atomic E-state index is 13.0. The SMILES string of the molecule is CCOc1ccc(NC(=O)CSc2nnc(CSCc3ccc(F)cc3)n2CC)cc1. The molecule has 0 saturated heterocycles. The summed E-state index contributed by atoms with van der Waals surface area (Å²) in [5.41, 5.74) is 1.79. The molecule has 2 aromatic carbocycles. The minimum atomic E-state index is -0.229. The van der Waals surface area contributed by atoms with Crippen LogP contribution in [0.5, 0.6) is 5.75 Å². The van der Waals surface area contributed by atoms with E-state index in [1.807, 2.05) is 42.7 Å². The Bertz CT molecular complexity index is 978. The molecule has 0 radical (unpaired) electrons. The number of halogens is 1. The highest BCUT2D eigenvalue weighted by Gasteiger charge is 2.13. The lowest BCUT2D eigenvalue weighted by Gasteiger charge is -2.08. The van der Waals surface area contributed by atoms with Crippen LogP contribution in [0.25, 0.3) is 0 Å². The lowest BCUT2D eigenvalue weighted by atomic mass is 10.2. The molecule has 0 unspecified atom stereocenters. The van der Waals surface area contributed by atoms with Crippen LogP contribution >= 0.6 is 23.5 Å². The second kappa shape index (κ2) is 11.8. The number of carbonyl (C=O) groups excluding carboxylic acids is 1. The van der Waals surface area contributed by atoms with E-state index < -0.39 is 0 Å². The molecule has 1 heterocycles. The van der Waals surface area contributed by atoms with Crippen molar-refractivity contribution in [1.29, 1.82) is 0 Å². The van der Waals surface area contributed by atoms with Crippen LogP contribution in [0.4, 0.5) is 10.1 Å². The molecule has 1 aromatic heterocycles. The molecule has 3 rings (SSSR count). The molecule has 0 aliphatic heterocycles. The lowest BCUT2D eigenvalue weighted by Crippen LogP contribution is -2.14. The fraction of sp³-hybridized carbons (Fsp3) is 0.318. The smallest absolute Gasteiger partial charge is 0.234 e. The first-order chi connectivity index (χ1) is 15.1. The third-order valence-electron chi connectivity index (χ3n) is 4.30. The van der Waals surface area contributed by atoms with Gasteiger partial charge in [0.1, 0.15) is 17.4 Å². The van der Waals surface area contributed by atoms with Gasteiger partial charge < -0.3 is 14.6 Å². The van der Waals surface area contributed by atoms with E-state index in [9.17, 15) is 9.18 Å². The van der Waals surface area contributed by atoms with Crippen LogP contribution in [0, 0.1) is 5.82 Å². The number of aromatic nitrogens is 3. The van der Waals surface area contributed by atoms with E-state index in [2.05, 4.69) is 15.5 Å². The zero-order valence-corrected chi connectivity index (χ0v) is 19.1. The monoisotopic (exact) mass is 460 g/mol. The maximum Gasteiger partial charge on any atom is 0.234 e. The zero-order valence-electron chi connectivity index (χ0n) is 17.5. The fourth-order valence-electron chi connectivity index (χ4n) is 2.82. The summed E-state index contributed by atoms with van der Waals surface area (Å²) in [5.74, 6) is 3.01. The summed E-state index contributed by atoms with van der Waals surface area (Å²) in [6, 6.07) is 13.8. The summed E-state index contributed by atoms with van der Waals surface area (Å²) in [5, 5.41) is 12.1. The van der Waals surface area contributed by atoms with Crippen molar-refractivity contribution in [2.45, 2.75) is 37.1 Å². The van der Waals surface area contributed by atoms with Gasteiger partial charge in [0.05, 0.1) is 18.1 Å². The fourth-order valence-corrected chi connectivity index (χ4v) is 4.57. The van der Waals surface area contributed by atoms with E-state index in [0.717, 1.165) is 40.3 Å². The summed E-state index contributed by atoms with van der Waals surface area (Å²) >= 11 is 3.06. The number of carbonyl (C=O) groups is 1. The quantitative estimate of drug-likeness (QED) is 0.406. The summed E-state index contributed by atoms with van der Waals surface area (Å²) in [7, 11) is 0. The third kappa shape index (κ3) is 7.00. The minimum absolute atomic E-state index is 0.105. The van der Waals surface area contributed by atoms with Crippen molar-refractivity contribution in [3.05, 3.63) is 65.7 Å². The number of amides is 1. The first-order valence-corrected chi connectivity index (χ1v) is 12.1. The maximum absolute atomic E-state index is 13.0. The Labute approximate surface area is 190 Å². The first kappa shape index (κ1) is 23.1. The van der Waals surface area contributed by atoms with Crippen molar-refractivity contribution < 1.29 is 13.9 Å². The van der Waals surface area contributed by atoms with Gasteiger partial charge in [0.15, 0.2) is 5.16 Å². The van der Waals surface area contributed by atoms with E-state index in [-0.39, 0.29) is 17.5 Å². The molecule has 0 atom stereocenters. The van der Waals surface area contributed by atoms with Crippen molar-refractivity contribution in [2.24, 2.45) is 0 Å². The Morgan fingerprint density at radius 1 is 1.06 bits per heavy atom. The molecule has 0 spiro atoms. The Morgan fingerprint density at radius 3 is 2.48 bits per heavy atom. The topological polar surface area (TPSA) is 69.0 Å². The molecule has 0 aliphatic carbocycles. The molecule has 9 heteroatoms. The Hall–Kier alpha value is -2.52. The van der Waals surface area contributed by atoms with E-state index in [0.29, 0.717) is 12.4 Å². The van der Waals surface area contributed by atoms with Crippen LogP contribution in [0.1, 0.15) is 25.2 Å². The van der Waals surface area contributed by atoms with Gasteiger partial charge in [-0.15, -0.1) is 22.0 Å². The van der Waals surface area contributed by atoms with Gasteiger partial charge in [0.2, 0.25) is 5.91 Å². The first-order valence-electron chi connectivity index (χ1n) is 9.98. The predicted molar refractivity (Wildman–Crippen MR) is 124 cm³/mol. The highest BCUT2D eigenvalue weighted by molar-refractivity contribution is 7.99. The predicted octanol–water partition coefficient (Wildman–Crippen LogP) is 5.00. The van der Waals surface area contributed by atoms with Crippen molar-refractivity contribution in [3.8, 4) is 5.75 Å². The van der Waals surface area contributed by atoms with Gasteiger partial charge in [0, 0.05) is 18.0 Å². The number of nitrogens with zero attached hydrogens (tertiary/aromatic N) is 3. The number of hydrogen-bond donors (Lipinski definition) is 1. The molecule has 0 aliphatic rings. The van der Waals surface area contributed by atoms with E-state index in [4.69, 9.17) is 4.74 Å². The zero-order chi connectivity index (χ0) is 22.1. The van der Waals surface area contributed by atoms with Crippen molar-refractivity contribution >= 4 is 35.1 Å². The molecule has 0 bridgehead atoms. The summed E-state index contributed by atoms with van der Waals surface area (Å²) in [6.07, 6.45) is 0. The van der Waals surface area contributed by atoms with Gasteiger partial charge in [-0.2, -0.15) is 0 Å². The third-order valence-corrected chi connectivity index (χ3v) is 6.27. The van der Waals surface area contributed by atoms with Gasteiger partial charge in [0.25, 0.3) is 0 Å². The van der Waals surface area contributed by atoms with E-state index >= 15 is 0 Å². The van der Waals surface area contributed by atoms with Crippen molar-refractivity contribution in [1.82, 2.24) is 14.8 Å². The van der Waals surface area contributed by atoms with Crippen LogP contribution in [0.2, 0.25) is 0 Å². The molecule has 0 fully saturated rings. The number of rotatable bonds is 11. The van der Waals surface area contributed by atoms with Gasteiger partial charge >= 0.3 is 0 Å². The van der Waals surface area contributed by atoms with Gasteiger partial charge in [-0.25, -0.2) is 4.39 Å². The highest BCUT2D eigenvalue weighted by Crippen LogP contribution is 2.22. The largest absolute Gasteiger partial charge is 0.494 e. The number of benzene rings is 2. The molecule has 6 nitrogen and oxygen atoms in total. The number of anilines is 1. The number of ether oxygens (including phenoxy) is 1. The van der Waals surface area contributed by atoms with Crippen molar-refractivity contribution in [2.75, 3.05) is 17.7 Å². The second-order valence-electron chi connectivity index (χ2n) is 6.56. The van der Waals surface area contributed by atoms with Crippen LogP contribution in [-0.2, 0) is 22.8 Å². The Morgan fingerprint density at radius 2 is 1.81 bits per heavy atom. The van der Waals surface area contributed by atoms with E-state index in [1.165, 1.54) is 23.9 Å². The molecular formula is C22H25FN4O2S2. The molecule has 1 N–H and O–H groups in total. The van der Waals surface area contributed by atoms with Gasteiger partial charge in [-0.1, -0.05) is 23.9 Å².